The Morgan fingerprint density at radius 1 is 1.04 bits per heavy atom. The number of carbonyl (C=O) groups is 2. The molecule has 2 rings (SSSR count). The van der Waals surface area contributed by atoms with Crippen LogP contribution >= 0.6 is 0 Å². The third-order valence-corrected chi connectivity index (χ3v) is 4.11. The van der Waals surface area contributed by atoms with Gasteiger partial charge in [0.05, 0.1) is 18.3 Å². The van der Waals surface area contributed by atoms with Crippen LogP contribution in [0.2, 0.25) is 0 Å². The van der Waals surface area contributed by atoms with E-state index < -0.39 is 0 Å². The number of amides is 1. The number of anilines is 1. The summed E-state index contributed by atoms with van der Waals surface area (Å²) in [5.41, 5.74) is 3.42. The van der Waals surface area contributed by atoms with E-state index in [1.165, 1.54) is 5.56 Å². The van der Waals surface area contributed by atoms with Crippen molar-refractivity contribution in [2.24, 2.45) is 0 Å². The summed E-state index contributed by atoms with van der Waals surface area (Å²) in [6.07, 6.45) is 0.822. The lowest BCUT2D eigenvalue weighted by Crippen LogP contribution is -2.14. The molecule has 0 aliphatic heterocycles. The summed E-state index contributed by atoms with van der Waals surface area (Å²) < 4.78 is 10.9. The third kappa shape index (κ3) is 6.44. The maximum Gasteiger partial charge on any atom is 0.338 e. The lowest BCUT2D eigenvalue weighted by atomic mass is 10.1. The van der Waals surface area contributed by atoms with Crippen LogP contribution in [-0.4, -0.2) is 24.6 Å². The van der Waals surface area contributed by atoms with Crippen molar-refractivity contribution in [1.29, 1.82) is 0 Å². The second kappa shape index (κ2) is 9.76. The molecule has 0 bridgehead atoms. The van der Waals surface area contributed by atoms with Crippen molar-refractivity contribution in [3.05, 3.63) is 59.2 Å². The third-order valence-electron chi connectivity index (χ3n) is 4.11. The van der Waals surface area contributed by atoms with E-state index in [0.29, 0.717) is 30.7 Å². The fourth-order valence-electron chi connectivity index (χ4n) is 2.49. The number of benzene rings is 2. The standard InChI is InChI=1S/C22H27NO4/c1-15(2)27-22(25)18-10-12-19(13-11-18)23-21(24)9-6-14-26-20-8-5-7-16(3)17(20)4/h5,7-8,10-13,15H,6,9,14H2,1-4H3,(H,23,24). The van der Waals surface area contributed by atoms with Gasteiger partial charge in [0.25, 0.3) is 0 Å². The van der Waals surface area contributed by atoms with Gasteiger partial charge in [-0.1, -0.05) is 12.1 Å². The van der Waals surface area contributed by atoms with Gasteiger partial charge in [0.2, 0.25) is 5.91 Å². The van der Waals surface area contributed by atoms with Gasteiger partial charge in [-0.05, 0) is 75.6 Å². The van der Waals surface area contributed by atoms with Gasteiger partial charge in [-0.3, -0.25) is 4.79 Å². The molecule has 0 aromatic heterocycles. The van der Waals surface area contributed by atoms with Crippen LogP contribution in [0.5, 0.6) is 5.75 Å². The molecule has 0 saturated carbocycles. The van der Waals surface area contributed by atoms with Crippen molar-refractivity contribution in [1.82, 2.24) is 0 Å². The largest absolute Gasteiger partial charge is 0.493 e. The maximum absolute atomic E-state index is 12.1. The molecule has 27 heavy (non-hydrogen) atoms. The quantitative estimate of drug-likeness (QED) is 0.543. The van der Waals surface area contributed by atoms with Gasteiger partial charge in [-0.2, -0.15) is 0 Å². The zero-order valence-electron chi connectivity index (χ0n) is 16.4. The fraction of sp³-hybridized carbons (Fsp3) is 0.364. The number of rotatable bonds is 8. The highest BCUT2D eigenvalue weighted by molar-refractivity contribution is 5.93. The summed E-state index contributed by atoms with van der Waals surface area (Å²) in [5, 5.41) is 2.82. The van der Waals surface area contributed by atoms with Crippen molar-refractivity contribution in [3.63, 3.8) is 0 Å². The van der Waals surface area contributed by atoms with Crippen molar-refractivity contribution in [2.45, 2.75) is 46.6 Å². The molecular formula is C22H27NO4. The van der Waals surface area contributed by atoms with Crippen LogP contribution in [0.3, 0.4) is 0 Å². The van der Waals surface area contributed by atoms with Crippen molar-refractivity contribution in [2.75, 3.05) is 11.9 Å². The van der Waals surface area contributed by atoms with E-state index in [-0.39, 0.29) is 18.0 Å². The maximum atomic E-state index is 12.1. The van der Waals surface area contributed by atoms with Gasteiger partial charge < -0.3 is 14.8 Å². The van der Waals surface area contributed by atoms with Crippen molar-refractivity contribution >= 4 is 17.6 Å². The van der Waals surface area contributed by atoms with E-state index in [9.17, 15) is 9.59 Å². The summed E-state index contributed by atoms with van der Waals surface area (Å²) >= 11 is 0. The zero-order valence-corrected chi connectivity index (χ0v) is 16.4. The Labute approximate surface area is 160 Å². The van der Waals surface area contributed by atoms with Gasteiger partial charge in [-0.15, -0.1) is 0 Å². The monoisotopic (exact) mass is 369 g/mol. The molecule has 5 nitrogen and oxygen atoms in total. The molecule has 1 N–H and O–H groups in total. The van der Waals surface area contributed by atoms with Gasteiger partial charge in [0.1, 0.15) is 5.75 Å². The highest BCUT2D eigenvalue weighted by atomic mass is 16.5. The average molecular weight is 369 g/mol. The van der Waals surface area contributed by atoms with Crippen LogP contribution in [0.15, 0.2) is 42.5 Å². The molecule has 0 aliphatic carbocycles. The number of nitrogens with one attached hydrogen (secondary N) is 1. The number of carbonyl (C=O) groups excluding carboxylic acids is 2. The molecular weight excluding hydrogens is 342 g/mol. The van der Waals surface area contributed by atoms with E-state index in [2.05, 4.69) is 5.32 Å². The Morgan fingerprint density at radius 2 is 1.74 bits per heavy atom. The van der Waals surface area contributed by atoms with E-state index >= 15 is 0 Å². The Bertz CT molecular complexity index is 781. The van der Waals surface area contributed by atoms with Crippen LogP contribution in [0.1, 0.15) is 48.2 Å². The minimum Gasteiger partial charge on any atom is -0.493 e. The summed E-state index contributed by atoms with van der Waals surface area (Å²) in [6, 6.07) is 12.6. The lowest BCUT2D eigenvalue weighted by molar-refractivity contribution is -0.116. The number of hydrogen-bond acceptors (Lipinski definition) is 4. The normalized spacial score (nSPS) is 10.6. The van der Waals surface area contributed by atoms with E-state index in [4.69, 9.17) is 9.47 Å². The summed E-state index contributed by atoms with van der Waals surface area (Å²) in [5.74, 6) is 0.405. The van der Waals surface area contributed by atoms with Gasteiger partial charge in [-0.25, -0.2) is 4.79 Å². The Kier molecular flexibility index (Phi) is 7.41. The zero-order chi connectivity index (χ0) is 19.8. The minimum atomic E-state index is -0.369. The molecule has 0 unspecified atom stereocenters. The number of aryl methyl sites for hydroxylation is 1. The first-order valence-electron chi connectivity index (χ1n) is 9.16. The lowest BCUT2D eigenvalue weighted by Gasteiger charge is -2.11. The summed E-state index contributed by atoms with van der Waals surface area (Å²) in [6.45, 7) is 8.16. The molecule has 2 aromatic rings. The molecule has 0 aliphatic rings. The molecule has 0 radical (unpaired) electrons. The molecule has 2 aromatic carbocycles. The van der Waals surface area contributed by atoms with Gasteiger partial charge in [0, 0.05) is 12.1 Å². The van der Waals surface area contributed by atoms with E-state index in [0.717, 1.165) is 11.3 Å². The predicted molar refractivity (Wildman–Crippen MR) is 106 cm³/mol. The number of esters is 1. The molecule has 5 heteroatoms. The van der Waals surface area contributed by atoms with Gasteiger partial charge in [0.15, 0.2) is 0 Å². The molecule has 0 saturated heterocycles. The minimum absolute atomic E-state index is 0.0860. The SMILES string of the molecule is Cc1cccc(OCCCC(=O)Nc2ccc(C(=O)OC(C)C)cc2)c1C. The number of hydrogen-bond donors (Lipinski definition) is 1. The van der Waals surface area contributed by atoms with Crippen LogP contribution in [0, 0.1) is 13.8 Å². The van der Waals surface area contributed by atoms with Gasteiger partial charge >= 0.3 is 5.97 Å². The first-order chi connectivity index (χ1) is 12.9. The topological polar surface area (TPSA) is 64.6 Å². The van der Waals surface area contributed by atoms with Crippen molar-refractivity contribution < 1.29 is 19.1 Å². The molecule has 1 amide bonds. The highest BCUT2D eigenvalue weighted by Gasteiger charge is 2.10. The smallest absolute Gasteiger partial charge is 0.338 e. The molecule has 0 heterocycles. The molecule has 144 valence electrons. The second-order valence-electron chi connectivity index (χ2n) is 6.73. The summed E-state index contributed by atoms with van der Waals surface area (Å²) in [4.78, 5) is 23.9. The van der Waals surface area contributed by atoms with Crippen LogP contribution in [0.4, 0.5) is 5.69 Å². The first kappa shape index (κ1) is 20.5. The highest BCUT2D eigenvalue weighted by Crippen LogP contribution is 2.20. The molecule has 0 spiro atoms. The molecule has 0 fully saturated rings. The Morgan fingerprint density at radius 3 is 2.41 bits per heavy atom. The average Bonchev–Trinajstić information content (AvgIpc) is 2.62. The molecule has 0 atom stereocenters. The van der Waals surface area contributed by atoms with Crippen LogP contribution in [0.25, 0.3) is 0 Å². The van der Waals surface area contributed by atoms with Crippen LogP contribution in [-0.2, 0) is 9.53 Å². The summed E-state index contributed by atoms with van der Waals surface area (Å²) in [7, 11) is 0. The Hall–Kier alpha value is -2.82. The predicted octanol–water partition coefficient (Wildman–Crippen LogP) is 4.67. The second-order valence-corrected chi connectivity index (χ2v) is 6.73. The fourth-order valence-corrected chi connectivity index (χ4v) is 2.49. The van der Waals surface area contributed by atoms with E-state index in [1.807, 2.05) is 32.0 Å². The van der Waals surface area contributed by atoms with E-state index in [1.54, 1.807) is 38.1 Å². The Balaban J connectivity index is 1.75. The van der Waals surface area contributed by atoms with Crippen LogP contribution < -0.4 is 10.1 Å². The van der Waals surface area contributed by atoms with Crippen molar-refractivity contribution in [3.8, 4) is 5.75 Å². The number of ether oxygens (including phenoxy) is 2. The first-order valence-corrected chi connectivity index (χ1v) is 9.16.